The highest BCUT2D eigenvalue weighted by Crippen LogP contribution is 2.22. The zero-order chi connectivity index (χ0) is 13.4. The summed E-state index contributed by atoms with van der Waals surface area (Å²) >= 11 is 0. The third-order valence-electron chi connectivity index (χ3n) is 3.00. The van der Waals surface area contributed by atoms with Gasteiger partial charge in [-0.25, -0.2) is 15.0 Å². The summed E-state index contributed by atoms with van der Waals surface area (Å²) in [6, 6.07) is 6.10. The summed E-state index contributed by atoms with van der Waals surface area (Å²) in [4.78, 5) is 18.2. The van der Waals surface area contributed by atoms with Gasteiger partial charge in [-0.05, 0) is 25.1 Å². The molecule has 0 saturated heterocycles. The van der Waals surface area contributed by atoms with Crippen molar-refractivity contribution in [1.29, 1.82) is 0 Å². The van der Waals surface area contributed by atoms with E-state index in [0.29, 0.717) is 0 Å². The molecule has 0 spiro atoms. The summed E-state index contributed by atoms with van der Waals surface area (Å²) in [7, 11) is 3.95. The first-order chi connectivity index (χ1) is 9.13. The average Bonchev–Trinajstić information content (AvgIpc) is 2.77. The molecule has 3 rings (SSSR count). The minimum atomic E-state index is 0.749. The molecule has 1 N–H and O–H groups in total. The van der Waals surface area contributed by atoms with Crippen LogP contribution in [0, 0.1) is 6.92 Å². The molecule has 5 heteroatoms. The Bertz CT molecular complexity index is 712. The summed E-state index contributed by atoms with van der Waals surface area (Å²) in [5, 5.41) is 0. The van der Waals surface area contributed by atoms with Crippen molar-refractivity contribution in [2.75, 3.05) is 19.0 Å². The monoisotopic (exact) mass is 253 g/mol. The maximum Gasteiger partial charge on any atom is 0.177 e. The quantitative estimate of drug-likeness (QED) is 0.762. The Kier molecular flexibility index (Phi) is 2.67. The zero-order valence-corrected chi connectivity index (χ0v) is 11.2. The van der Waals surface area contributed by atoms with Crippen LogP contribution < -0.4 is 4.90 Å². The van der Waals surface area contributed by atoms with Crippen molar-refractivity contribution in [3.05, 3.63) is 36.4 Å². The number of pyridine rings is 2. The first-order valence-electron chi connectivity index (χ1n) is 6.09. The van der Waals surface area contributed by atoms with Gasteiger partial charge in [0, 0.05) is 37.6 Å². The number of hydrogen-bond donors (Lipinski definition) is 1. The van der Waals surface area contributed by atoms with Crippen molar-refractivity contribution in [3.63, 3.8) is 0 Å². The smallest absolute Gasteiger partial charge is 0.177 e. The number of aromatic amines is 1. The molecule has 5 nitrogen and oxygen atoms in total. The molecule has 0 fully saturated rings. The number of imidazole rings is 1. The van der Waals surface area contributed by atoms with Gasteiger partial charge in [0.2, 0.25) is 0 Å². The lowest BCUT2D eigenvalue weighted by Crippen LogP contribution is -2.09. The van der Waals surface area contributed by atoms with Crippen LogP contribution in [0.5, 0.6) is 0 Å². The van der Waals surface area contributed by atoms with Crippen molar-refractivity contribution in [2.45, 2.75) is 6.92 Å². The van der Waals surface area contributed by atoms with Crippen LogP contribution in [0.3, 0.4) is 0 Å². The predicted molar refractivity (Wildman–Crippen MR) is 76.2 cm³/mol. The molecule has 0 aliphatic rings. The molecule has 0 aromatic carbocycles. The fourth-order valence-corrected chi connectivity index (χ4v) is 2.00. The van der Waals surface area contributed by atoms with Gasteiger partial charge in [-0.1, -0.05) is 0 Å². The van der Waals surface area contributed by atoms with E-state index in [-0.39, 0.29) is 0 Å². The van der Waals surface area contributed by atoms with Crippen molar-refractivity contribution in [2.24, 2.45) is 0 Å². The van der Waals surface area contributed by atoms with E-state index in [1.54, 1.807) is 0 Å². The van der Waals surface area contributed by atoms with E-state index in [1.165, 1.54) is 0 Å². The highest BCUT2D eigenvalue weighted by molar-refractivity contribution is 5.78. The molecule has 19 heavy (non-hydrogen) atoms. The Hall–Kier alpha value is -2.43. The van der Waals surface area contributed by atoms with Crippen LogP contribution in [0.15, 0.2) is 30.6 Å². The number of nitrogens with zero attached hydrogens (tertiary/aromatic N) is 4. The summed E-state index contributed by atoms with van der Waals surface area (Å²) < 4.78 is 0. The van der Waals surface area contributed by atoms with Crippen molar-refractivity contribution in [1.82, 2.24) is 19.9 Å². The van der Waals surface area contributed by atoms with E-state index in [0.717, 1.165) is 33.9 Å². The lowest BCUT2D eigenvalue weighted by molar-refractivity contribution is 1.07. The van der Waals surface area contributed by atoms with Gasteiger partial charge in [-0.15, -0.1) is 0 Å². The molecule has 3 aromatic heterocycles. The second-order valence-corrected chi connectivity index (χ2v) is 4.72. The van der Waals surface area contributed by atoms with Crippen molar-refractivity contribution in [3.8, 4) is 11.1 Å². The highest BCUT2D eigenvalue weighted by Gasteiger charge is 2.05. The number of fused-ring (bicyclic) bond motifs is 1. The Balaban J connectivity index is 2.03. The van der Waals surface area contributed by atoms with E-state index >= 15 is 0 Å². The van der Waals surface area contributed by atoms with Crippen LogP contribution in [0.4, 0.5) is 5.82 Å². The number of nitrogens with one attached hydrogen (secondary N) is 1. The van der Waals surface area contributed by atoms with Gasteiger partial charge in [0.05, 0.1) is 5.52 Å². The number of hydrogen-bond acceptors (Lipinski definition) is 4. The molecule has 0 aliphatic heterocycles. The topological polar surface area (TPSA) is 57.7 Å². The lowest BCUT2D eigenvalue weighted by Gasteiger charge is -2.11. The number of aromatic nitrogens is 4. The number of rotatable bonds is 2. The Morgan fingerprint density at radius 1 is 1.05 bits per heavy atom. The third kappa shape index (κ3) is 2.14. The SMILES string of the molecule is Cc1nc2ncc(-c3ccc(N(C)C)nc3)cc2[nH]1. The molecule has 0 amide bonds. The van der Waals surface area contributed by atoms with Crippen LogP contribution >= 0.6 is 0 Å². The van der Waals surface area contributed by atoms with Gasteiger partial charge in [-0.2, -0.15) is 0 Å². The maximum absolute atomic E-state index is 4.41. The van der Waals surface area contributed by atoms with E-state index < -0.39 is 0 Å². The predicted octanol–water partition coefficient (Wildman–Crippen LogP) is 2.39. The second-order valence-electron chi connectivity index (χ2n) is 4.72. The molecule has 0 radical (unpaired) electrons. The molecule has 3 heterocycles. The van der Waals surface area contributed by atoms with Gasteiger partial charge < -0.3 is 9.88 Å². The van der Waals surface area contributed by atoms with Gasteiger partial charge in [0.1, 0.15) is 11.6 Å². The molecule has 0 saturated carbocycles. The van der Waals surface area contributed by atoms with Crippen LogP contribution in [-0.2, 0) is 0 Å². The molecule has 0 unspecified atom stereocenters. The molecular weight excluding hydrogens is 238 g/mol. The molecule has 3 aromatic rings. The van der Waals surface area contributed by atoms with Gasteiger partial charge in [0.25, 0.3) is 0 Å². The standard InChI is InChI=1S/C14H15N5/c1-9-17-12-6-11(8-16-14(12)18-9)10-4-5-13(15-7-10)19(2)3/h4-8H,1-3H3,(H,16,17,18). The fraction of sp³-hybridized carbons (Fsp3) is 0.214. The van der Waals surface area contributed by atoms with Crippen LogP contribution in [-0.4, -0.2) is 34.0 Å². The first-order valence-corrected chi connectivity index (χ1v) is 6.09. The average molecular weight is 253 g/mol. The van der Waals surface area contributed by atoms with E-state index in [9.17, 15) is 0 Å². The van der Waals surface area contributed by atoms with Gasteiger partial charge in [0.15, 0.2) is 5.65 Å². The first kappa shape index (κ1) is 11.6. The van der Waals surface area contributed by atoms with E-state index in [4.69, 9.17) is 0 Å². The Morgan fingerprint density at radius 2 is 1.84 bits per heavy atom. The highest BCUT2D eigenvalue weighted by atomic mass is 15.1. The molecule has 0 bridgehead atoms. The summed E-state index contributed by atoms with van der Waals surface area (Å²) in [6.07, 6.45) is 3.69. The Labute approximate surface area is 111 Å². The van der Waals surface area contributed by atoms with E-state index in [2.05, 4.69) is 32.1 Å². The maximum atomic E-state index is 4.41. The summed E-state index contributed by atoms with van der Waals surface area (Å²) in [5.41, 5.74) is 3.78. The van der Waals surface area contributed by atoms with Crippen molar-refractivity contribution >= 4 is 17.0 Å². The number of anilines is 1. The Morgan fingerprint density at radius 3 is 2.53 bits per heavy atom. The molecule has 0 aliphatic carbocycles. The van der Waals surface area contributed by atoms with Crippen LogP contribution in [0.2, 0.25) is 0 Å². The number of aryl methyl sites for hydroxylation is 1. The lowest BCUT2D eigenvalue weighted by atomic mass is 10.1. The van der Waals surface area contributed by atoms with Crippen LogP contribution in [0.25, 0.3) is 22.3 Å². The molecular formula is C14H15N5. The van der Waals surface area contributed by atoms with Crippen LogP contribution in [0.1, 0.15) is 5.82 Å². The van der Waals surface area contributed by atoms with E-state index in [1.807, 2.05) is 44.4 Å². The van der Waals surface area contributed by atoms with Gasteiger partial charge >= 0.3 is 0 Å². The largest absolute Gasteiger partial charge is 0.363 e. The molecule has 96 valence electrons. The van der Waals surface area contributed by atoms with Crippen molar-refractivity contribution < 1.29 is 0 Å². The molecule has 0 atom stereocenters. The minimum absolute atomic E-state index is 0.749. The third-order valence-corrected chi connectivity index (χ3v) is 3.00. The second kappa shape index (κ2) is 4.35. The fourth-order valence-electron chi connectivity index (χ4n) is 2.00. The zero-order valence-electron chi connectivity index (χ0n) is 11.2. The summed E-state index contributed by atoms with van der Waals surface area (Å²) in [5.74, 6) is 1.82. The van der Waals surface area contributed by atoms with Gasteiger partial charge in [-0.3, -0.25) is 0 Å². The summed E-state index contributed by atoms with van der Waals surface area (Å²) in [6.45, 7) is 1.93. The normalized spacial score (nSPS) is 10.9. The minimum Gasteiger partial charge on any atom is -0.363 e. The number of H-pyrrole nitrogens is 1.